The van der Waals surface area contributed by atoms with Gasteiger partial charge in [-0.15, -0.1) is 0 Å². The molecule has 2 heterocycles. The molecular formula is C32H33N5O4. The molecule has 5 rings (SSSR count). The van der Waals surface area contributed by atoms with Crippen LogP contribution in [0.5, 0.6) is 0 Å². The Kier molecular flexibility index (Phi) is 8.45. The molecule has 1 aromatic heterocycles. The van der Waals surface area contributed by atoms with Crippen molar-refractivity contribution in [3.63, 3.8) is 0 Å². The number of aliphatic hydroxyl groups excluding tert-OH is 1. The van der Waals surface area contributed by atoms with Crippen LogP contribution in [0.25, 0.3) is 0 Å². The third kappa shape index (κ3) is 6.64. The van der Waals surface area contributed by atoms with Crippen LogP contribution in [0.15, 0.2) is 96.3 Å². The number of aromatic nitrogens is 1. The fourth-order valence-electron chi connectivity index (χ4n) is 4.83. The molecule has 0 saturated carbocycles. The van der Waals surface area contributed by atoms with Gasteiger partial charge < -0.3 is 30.0 Å². The molecule has 0 aliphatic carbocycles. The zero-order valence-corrected chi connectivity index (χ0v) is 23.1. The molecule has 0 atom stereocenters. The van der Waals surface area contributed by atoms with Crippen molar-refractivity contribution < 1.29 is 19.5 Å². The predicted molar refractivity (Wildman–Crippen MR) is 161 cm³/mol. The molecule has 9 nitrogen and oxygen atoms in total. The first-order valence-electron chi connectivity index (χ1n) is 13.5. The highest BCUT2D eigenvalue weighted by Crippen LogP contribution is 2.22. The number of rotatable bonds is 8. The number of hydrogen-bond acceptors (Lipinski definition) is 6. The van der Waals surface area contributed by atoms with E-state index in [0.717, 1.165) is 42.7 Å². The van der Waals surface area contributed by atoms with Crippen molar-refractivity contribution in [3.05, 3.63) is 114 Å². The number of anilines is 3. The van der Waals surface area contributed by atoms with E-state index < -0.39 is 0 Å². The van der Waals surface area contributed by atoms with Gasteiger partial charge in [0.25, 0.3) is 11.8 Å². The minimum Gasteiger partial charge on any atom is -0.399 e. The molecule has 41 heavy (non-hydrogen) atoms. The van der Waals surface area contributed by atoms with Crippen molar-refractivity contribution in [1.82, 2.24) is 4.57 Å². The quantitative estimate of drug-likeness (QED) is 0.214. The highest BCUT2D eigenvalue weighted by Gasteiger charge is 2.18. The van der Waals surface area contributed by atoms with Crippen LogP contribution in [0.2, 0.25) is 0 Å². The van der Waals surface area contributed by atoms with E-state index in [-0.39, 0.29) is 17.9 Å². The minimum atomic E-state index is -0.223. The van der Waals surface area contributed by atoms with Crippen molar-refractivity contribution in [2.45, 2.75) is 18.9 Å². The lowest BCUT2D eigenvalue weighted by Crippen LogP contribution is -2.35. The van der Waals surface area contributed by atoms with E-state index in [1.165, 1.54) is 7.11 Å². The van der Waals surface area contributed by atoms with Crippen molar-refractivity contribution in [2.75, 3.05) is 35.7 Å². The second kappa shape index (κ2) is 12.5. The van der Waals surface area contributed by atoms with E-state index in [4.69, 9.17) is 4.84 Å². The monoisotopic (exact) mass is 551 g/mol. The second-order valence-electron chi connectivity index (χ2n) is 9.95. The minimum absolute atomic E-state index is 0.188. The van der Waals surface area contributed by atoms with Gasteiger partial charge in [0.1, 0.15) is 18.5 Å². The SMILES string of the molecule is CO/N=C(\c1ccc(NC(=O)c2ccc(N3CCC(O)CC3)cc2)cc1)c1ccc(NC(=O)c2cccn2C)cc1. The van der Waals surface area contributed by atoms with Crippen LogP contribution in [-0.4, -0.2) is 53.5 Å². The lowest BCUT2D eigenvalue weighted by Gasteiger charge is -2.31. The summed E-state index contributed by atoms with van der Waals surface area (Å²) in [6, 6.07) is 25.8. The van der Waals surface area contributed by atoms with E-state index in [0.29, 0.717) is 28.3 Å². The number of carbonyl (C=O) groups is 2. The van der Waals surface area contributed by atoms with Crippen LogP contribution >= 0.6 is 0 Å². The molecule has 1 aliphatic heterocycles. The lowest BCUT2D eigenvalue weighted by atomic mass is 10.0. The molecule has 0 radical (unpaired) electrons. The number of oxime groups is 1. The Balaban J connectivity index is 1.22. The lowest BCUT2D eigenvalue weighted by molar-refractivity contribution is 0.101. The van der Waals surface area contributed by atoms with Crippen LogP contribution in [-0.2, 0) is 11.9 Å². The van der Waals surface area contributed by atoms with Crippen LogP contribution in [0.3, 0.4) is 0 Å². The number of hydrogen-bond donors (Lipinski definition) is 3. The summed E-state index contributed by atoms with van der Waals surface area (Å²) in [5.74, 6) is -0.385. The molecule has 1 saturated heterocycles. The molecule has 1 aliphatic rings. The first kappa shape index (κ1) is 27.7. The Morgan fingerprint density at radius 1 is 0.805 bits per heavy atom. The number of nitrogens with zero attached hydrogens (tertiary/aromatic N) is 3. The average Bonchev–Trinajstić information content (AvgIpc) is 3.43. The molecule has 0 spiro atoms. The second-order valence-corrected chi connectivity index (χ2v) is 9.95. The summed E-state index contributed by atoms with van der Waals surface area (Å²) in [5.41, 5.74) is 5.74. The van der Waals surface area contributed by atoms with Gasteiger partial charge in [0.2, 0.25) is 0 Å². The zero-order valence-electron chi connectivity index (χ0n) is 23.1. The first-order chi connectivity index (χ1) is 19.9. The van der Waals surface area contributed by atoms with Gasteiger partial charge in [-0.25, -0.2) is 0 Å². The van der Waals surface area contributed by atoms with E-state index in [1.54, 1.807) is 10.6 Å². The fraction of sp³-hybridized carbons (Fsp3) is 0.219. The van der Waals surface area contributed by atoms with E-state index >= 15 is 0 Å². The largest absolute Gasteiger partial charge is 0.399 e. The highest BCUT2D eigenvalue weighted by molar-refractivity contribution is 6.13. The number of carbonyl (C=O) groups excluding carboxylic acids is 2. The van der Waals surface area contributed by atoms with Gasteiger partial charge in [-0.2, -0.15) is 0 Å². The number of piperidine rings is 1. The topological polar surface area (TPSA) is 108 Å². The summed E-state index contributed by atoms with van der Waals surface area (Å²) < 4.78 is 1.76. The number of nitrogens with one attached hydrogen (secondary N) is 2. The van der Waals surface area contributed by atoms with Gasteiger partial charge in [-0.05, 0) is 73.5 Å². The molecule has 4 aromatic rings. The van der Waals surface area contributed by atoms with Crippen LogP contribution < -0.4 is 15.5 Å². The van der Waals surface area contributed by atoms with Crippen LogP contribution in [0.4, 0.5) is 17.1 Å². The van der Waals surface area contributed by atoms with Crippen LogP contribution in [0.1, 0.15) is 44.8 Å². The van der Waals surface area contributed by atoms with Gasteiger partial charge in [0.05, 0.1) is 6.10 Å². The maximum absolute atomic E-state index is 12.9. The Morgan fingerprint density at radius 2 is 1.34 bits per heavy atom. The number of aliphatic hydroxyl groups is 1. The number of benzene rings is 3. The maximum Gasteiger partial charge on any atom is 0.272 e. The average molecular weight is 552 g/mol. The van der Waals surface area contributed by atoms with Gasteiger partial charge >= 0.3 is 0 Å². The van der Waals surface area contributed by atoms with Gasteiger partial charge in [0.15, 0.2) is 0 Å². The standard InChI is InChI=1S/C32H33N5O4/c1-36-19-3-4-29(36)32(40)34-26-13-7-23(8-14-26)30(35-41-2)22-5-11-25(12-6-22)33-31(39)24-9-15-27(16-10-24)37-20-17-28(38)18-21-37/h3-16,19,28,38H,17-18,20-21H2,1-2H3,(H,33,39)(H,34,40)/b35-30+. The van der Waals surface area contributed by atoms with Crippen molar-refractivity contribution in [3.8, 4) is 0 Å². The van der Waals surface area contributed by atoms with Gasteiger partial charge in [0, 0.05) is 60.1 Å². The summed E-state index contributed by atoms with van der Waals surface area (Å²) >= 11 is 0. The third-order valence-corrected chi connectivity index (χ3v) is 7.15. The zero-order chi connectivity index (χ0) is 28.8. The molecule has 9 heteroatoms. The third-order valence-electron chi connectivity index (χ3n) is 7.15. The smallest absolute Gasteiger partial charge is 0.272 e. The number of amides is 2. The molecule has 3 N–H and O–H groups in total. The summed E-state index contributed by atoms with van der Waals surface area (Å²) in [5, 5.41) is 19.8. The summed E-state index contributed by atoms with van der Waals surface area (Å²) in [6.07, 6.45) is 3.11. The van der Waals surface area contributed by atoms with E-state index in [1.807, 2.05) is 92.1 Å². The normalized spacial score (nSPS) is 14.0. The summed E-state index contributed by atoms with van der Waals surface area (Å²) in [4.78, 5) is 32.7. The molecule has 1 fully saturated rings. The van der Waals surface area contributed by atoms with Gasteiger partial charge in [-0.3, -0.25) is 9.59 Å². The van der Waals surface area contributed by atoms with E-state index in [9.17, 15) is 14.7 Å². The van der Waals surface area contributed by atoms with Gasteiger partial charge in [-0.1, -0.05) is 29.4 Å². The summed E-state index contributed by atoms with van der Waals surface area (Å²) in [7, 11) is 3.31. The van der Waals surface area contributed by atoms with Crippen molar-refractivity contribution in [2.24, 2.45) is 12.2 Å². The molecule has 3 aromatic carbocycles. The Bertz CT molecular complexity index is 1520. The maximum atomic E-state index is 12.9. The highest BCUT2D eigenvalue weighted by atomic mass is 16.6. The van der Waals surface area contributed by atoms with E-state index in [2.05, 4.69) is 20.7 Å². The molecule has 0 bridgehead atoms. The number of aryl methyl sites for hydroxylation is 1. The van der Waals surface area contributed by atoms with Crippen LogP contribution in [0, 0.1) is 0 Å². The summed E-state index contributed by atoms with van der Waals surface area (Å²) in [6.45, 7) is 1.62. The molecule has 210 valence electrons. The molecule has 0 unspecified atom stereocenters. The first-order valence-corrected chi connectivity index (χ1v) is 13.5. The molecule has 2 amide bonds. The fourth-order valence-corrected chi connectivity index (χ4v) is 4.83. The Morgan fingerprint density at radius 3 is 1.85 bits per heavy atom. The Hall–Kier alpha value is -4.89. The molecular weight excluding hydrogens is 518 g/mol. The van der Waals surface area contributed by atoms with Crippen molar-refractivity contribution in [1.29, 1.82) is 0 Å². The van der Waals surface area contributed by atoms with Crippen molar-refractivity contribution >= 4 is 34.6 Å². The Labute approximate surface area is 239 Å². The predicted octanol–water partition coefficient (Wildman–Crippen LogP) is 4.89.